The van der Waals surface area contributed by atoms with Crippen molar-refractivity contribution in [1.82, 2.24) is 30.2 Å². The van der Waals surface area contributed by atoms with E-state index in [2.05, 4.69) is 30.2 Å². The van der Waals surface area contributed by atoms with Crippen molar-refractivity contribution in [2.45, 2.75) is 32.2 Å². The van der Waals surface area contributed by atoms with Crippen molar-refractivity contribution in [3.63, 3.8) is 0 Å². The number of nitrogens with zero attached hydrogens (tertiary/aromatic N) is 4. The number of likely N-dealkylation sites (N-methyl/N-ethyl adjacent to an activating group) is 1. The Morgan fingerprint density at radius 2 is 2.00 bits per heavy atom. The third-order valence-corrected chi connectivity index (χ3v) is 6.58. The fourth-order valence-electron chi connectivity index (χ4n) is 4.87. The molecule has 0 radical (unpaired) electrons. The summed E-state index contributed by atoms with van der Waals surface area (Å²) in [5.41, 5.74) is 5.77. The second kappa shape index (κ2) is 7.25. The average molecular weight is 455 g/mol. The average Bonchev–Trinajstić information content (AvgIpc) is 3.16. The Labute approximate surface area is 188 Å². The lowest BCUT2D eigenvalue weighted by atomic mass is 9.88. The first kappa shape index (κ1) is 19.6. The van der Waals surface area contributed by atoms with Crippen molar-refractivity contribution in [3.8, 4) is 23.0 Å². The van der Waals surface area contributed by atoms with Crippen LogP contribution in [-0.4, -0.2) is 50.9 Å². The Morgan fingerprint density at radius 3 is 2.88 bits per heavy atom. The van der Waals surface area contributed by atoms with Gasteiger partial charge in [-0.25, -0.2) is 14.4 Å². The zero-order valence-electron chi connectivity index (χ0n) is 17.4. The zero-order chi connectivity index (χ0) is 22.0. The quantitative estimate of drug-likeness (QED) is 0.578. The number of nitrogens with one attached hydrogen (secondary N) is 2. The number of fused-ring (bicyclic) bond motifs is 6. The summed E-state index contributed by atoms with van der Waals surface area (Å²) >= 11 is 6.11. The van der Waals surface area contributed by atoms with Crippen molar-refractivity contribution in [1.29, 1.82) is 0 Å². The molecular formula is C22H20ClFN6O2. The van der Waals surface area contributed by atoms with Crippen molar-refractivity contribution in [2.75, 3.05) is 20.1 Å². The first-order chi connectivity index (χ1) is 15.5. The van der Waals surface area contributed by atoms with Crippen LogP contribution in [0.3, 0.4) is 0 Å². The summed E-state index contributed by atoms with van der Waals surface area (Å²) in [6.45, 7) is 2.00. The van der Waals surface area contributed by atoms with Crippen LogP contribution in [0.5, 0.6) is 11.8 Å². The summed E-state index contributed by atoms with van der Waals surface area (Å²) < 4.78 is 21.7. The highest BCUT2D eigenvalue weighted by Crippen LogP contribution is 2.41. The molecule has 0 saturated carbocycles. The molecule has 3 aromatic heterocycles. The highest BCUT2D eigenvalue weighted by Gasteiger charge is 2.33. The third-order valence-electron chi connectivity index (χ3n) is 6.41. The second-order valence-electron chi connectivity index (χ2n) is 8.43. The van der Waals surface area contributed by atoms with E-state index in [0.717, 1.165) is 34.6 Å². The summed E-state index contributed by atoms with van der Waals surface area (Å²) in [6.07, 6.45) is 4.30. The Morgan fingerprint density at radius 1 is 1.12 bits per heavy atom. The molecule has 0 saturated heterocycles. The molecule has 5 heterocycles. The summed E-state index contributed by atoms with van der Waals surface area (Å²) in [6, 6.07) is 0. The molecular weight excluding hydrogens is 435 g/mol. The molecule has 0 unspecified atom stereocenters. The van der Waals surface area contributed by atoms with Crippen molar-refractivity contribution in [3.05, 3.63) is 50.9 Å². The van der Waals surface area contributed by atoms with Crippen LogP contribution in [0, 0.1) is 5.82 Å². The van der Waals surface area contributed by atoms with E-state index >= 15 is 4.39 Å². The van der Waals surface area contributed by atoms with Crippen LogP contribution in [-0.2, 0) is 32.2 Å². The molecule has 0 fully saturated rings. The molecule has 0 atom stereocenters. The van der Waals surface area contributed by atoms with Gasteiger partial charge in [0, 0.05) is 49.9 Å². The maximum absolute atomic E-state index is 15.8. The first-order valence-corrected chi connectivity index (χ1v) is 11.0. The van der Waals surface area contributed by atoms with Crippen LogP contribution in [0.15, 0.2) is 6.20 Å². The van der Waals surface area contributed by atoms with Gasteiger partial charge < -0.3 is 19.9 Å². The normalized spacial score (nSPS) is 17.2. The number of carbonyl (C=O) groups excluding carboxylic acids is 1. The molecule has 0 aromatic carbocycles. The van der Waals surface area contributed by atoms with E-state index in [9.17, 15) is 4.79 Å². The summed E-state index contributed by atoms with van der Waals surface area (Å²) in [5.74, 6) is -0.627. The van der Waals surface area contributed by atoms with Gasteiger partial charge in [-0.05, 0) is 42.6 Å². The van der Waals surface area contributed by atoms with Crippen LogP contribution in [0.1, 0.15) is 38.4 Å². The van der Waals surface area contributed by atoms with E-state index in [1.807, 2.05) is 7.05 Å². The molecule has 3 aliphatic rings. The Bertz CT molecular complexity index is 1290. The predicted molar refractivity (Wildman–Crippen MR) is 115 cm³/mol. The highest BCUT2D eigenvalue weighted by atomic mass is 35.5. The van der Waals surface area contributed by atoms with Gasteiger partial charge in [-0.1, -0.05) is 0 Å². The van der Waals surface area contributed by atoms with Crippen LogP contribution in [0.2, 0.25) is 5.28 Å². The molecule has 2 N–H and O–H groups in total. The lowest BCUT2D eigenvalue weighted by molar-refractivity contribution is 0.0945. The number of amides is 1. The van der Waals surface area contributed by atoms with E-state index in [0.29, 0.717) is 55.6 Å². The van der Waals surface area contributed by atoms with Gasteiger partial charge in [0.05, 0.1) is 22.5 Å². The molecule has 6 rings (SSSR count). The lowest BCUT2D eigenvalue weighted by Crippen LogP contribution is -2.32. The molecule has 0 bridgehead atoms. The number of pyridine rings is 1. The van der Waals surface area contributed by atoms with Gasteiger partial charge in [0.25, 0.3) is 11.8 Å². The molecule has 10 heteroatoms. The number of aryl methyl sites for hydroxylation is 1. The van der Waals surface area contributed by atoms with Crippen LogP contribution in [0.4, 0.5) is 4.39 Å². The van der Waals surface area contributed by atoms with Gasteiger partial charge in [0.2, 0.25) is 11.2 Å². The molecule has 1 aliphatic carbocycles. The number of hydrogen-bond acceptors (Lipinski definition) is 6. The SMILES string of the molecule is CN1CCc2nc(Cl)nc(Oc3ncc4c(c3F)-c3[nH]c5c(c3CC4)C(=O)NCC5)c2C1. The summed E-state index contributed by atoms with van der Waals surface area (Å²) in [7, 11) is 1.99. The minimum Gasteiger partial charge on any atom is -0.417 e. The number of aromatic nitrogens is 4. The Balaban J connectivity index is 1.45. The minimum atomic E-state index is -0.574. The number of hydrogen-bond donors (Lipinski definition) is 2. The fraction of sp³-hybridized carbons (Fsp3) is 0.364. The Hall–Kier alpha value is -3.04. The van der Waals surface area contributed by atoms with Crippen molar-refractivity contribution in [2.24, 2.45) is 0 Å². The summed E-state index contributed by atoms with van der Waals surface area (Å²) in [5, 5.41) is 2.94. The predicted octanol–water partition coefficient (Wildman–Crippen LogP) is 2.82. The van der Waals surface area contributed by atoms with Gasteiger partial charge in [-0.15, -0.1) is 0 Å². The van der Waals surface area contributed by atoms with E-state index in [1.165, 1.54) is 0 Å². The molecule has 32 heavy (non-hydrogen) atoms. The molecule has 164 valence electrons. The maximum Gasteiger partial charge on any atom is 0.258 e. The van der Waals surface area contributed by atoms with E-state index in [4.69, 9.17) is 16.3 Å². The smallest absolute Gasteiger partial charge is 0.258 e. The molecule has 0 spiro atoms. The molecule has 1 amide bonds. The van der Waals surface area contributed by atoms with Gasteiger partial charge in [0.15, 0.2) is 5.82 Å². The second-order valence-corrected chi connectivity index (χ2v) is 8.77. The lowest BCUT2D eigenvalue weighted by Gasteiger charge is -2.25. The number of rotatable bonds is 2. The topological polar surface area (TPSA) is 96.0 Å². The third kappa shape index (κ3) is 2.99. The van der Waals surface area contributed by atoms with E-state index < -0.39 is 5.82 Å². The largest absolute Gasteiger partial charge is 0.417 e. The van der Waals surface area contributed by atoms with Gasteiger partial charge in [-0.3, -0.25) is 4.79 Å². The zero-order valence-corrected chi connectivity index (χ0v) is 18.1. The van der Waals surface area contributed by atoms with Gasteiger partial charge in [0.1, 0.15) is 0 Å². The van der Waals surface area contributed by atoms with Crippen LogP contribution >= 0.6 is 11.6 Å². The number of ether oxygens (including phenoxy) is 1. The van der Waals surface area contributed by atoms with E-state index in [-0.39, 0.29) is 23.0 Å². The van der Waals surface area contributed by atoms with Crippen LogP contribution in [0.25, 0.3) is 11.3 Å². The minimum absolute atomic E-state index is 0.0620. The van der Waals surface area contributed by atoms with Crippen molar-refractivity contribution >= 4 is 17.5 Å². The Kier molecular flexibility index (Phi) is 4.44. The highest BCUT2D eigenvalue weighted by molar-refractivity contribution is 6.28. The standard InChI is InChI=1S/C22H20ClFN6O2/c1-30-7-5-13-12(9-30)20(29-22(23)28-13)32-21-17(24)15-10(8-26-21)2-3-11-16-14(27-18(11)15)4-6-25-19(16)31/h8,27H,2-7,9H2,1H3,(H,25,31). The molecule has 8 nitrogen and oxygen atoms in total. The monoisotopic (exact) mass is 454 g/mol. The number of carbonyl (C=O) groups is 1. The number of H-pyrrole nitrogens is 1. The van der Waals surface area contributed by atoms with Crippen molar-refractivity contribution < 1.29 is 13.9 Å². The molecule has 3 aromatic rings. The molecule has 2 aliphatic heterocycles. The summed E-state index contributed by atoms with van der Waals surface area (Å²) in [4.78, 5) is 30.6. The van der Waals surface area contributed by atoms with E-state index in [1.54, 1.807) is 6.20 Å². The van der Waals surface area contributed by atoms with Gasteiger partial charge >= 0.3 is 0 Å². The number of halogens is 2. The van der Waals surface area contributed by atoms with Gasteiger partial charge in [-0.2, -0.15) is 4.98 Å². The first-order valence-electron chi connectivity index (χ1n) is 10.6. The van der Waals surface area contributed by atoms with Crippen LogP contribution < -0.4 is 10.1 Å². The maximum atomic E-state index is 15.8. The number of aromatic amines is 1. The fourth-order valence-corrected chi connectivity index (χ4v) is 5.05.